The van der Waals surface area contributed by atoms with Crippen LogP contribution in [0.3, 0.4) is 0 Å². The molecule has 6 heteroatoms. The smallest absolute Gasteiger partial charge is 0.306 e. The van der Waals surface area contributed by atoms with E-state index in [-0.39, 0.29) is 23.5 Å². The van der Waals surface area contributed by atoms with E-state index in [1.807, 2.05) is 12.1 Å². The van der Waals surface area contributed by atoms with E-state index in [0.29, 0.717) is 30.7 Å². The van der Waals surface area contributed by atoms with Crippen molar-refractivity contribution >= 4 is 5.97 Å². The molecule has 3 heterocycles. The molecule has 0 saturated carbocycles. The molecule has 3 atom stereocenters. The molecule has 166 valence electrons. The number of nitriles is 1. The number of halogens is 1. The summed E-state index contributed by atoms with van der Waals surface area (Å²) in [6, 6.07) is 16.8. The predicted octanol–water partition coefficient (Wildman–Crippen LogP) is 4.51. The first-order chi connectivity index (χ1) is 15.5. The Bertz CT molecular complexity index is 1000. The number of hydrogen-bond donors (Lipinski definition) is 0. The summed E-state index contributed by atoms with van der Waals surface area (Å²) in [5, 5.41) is 9.09. The van der Waals surface area contributed by atoms with Gasteiger partial charge < -0.3 is 9.47 Å². The van der Waals surface area contributed by atoms with Crippen LogP contribution in [0.15, 0.2) is 48.5 Å². The maximum absolute atomic E-state index is 13.5. The van der Waals surface area contributed by atoms with Gasteiger partial charge in [-0.3, -0.25) is 9.69 Å². The van der Waals surface area contributed by atoms with E-state index >= 15 is 0 Å². The fourth-order valence-corrected chi connectivity index (χ4v) is 5.75. The highest BCUT2D eigenvalue weighted by Gasteiger charge is 2.52. The normalized spacial score (nSPS) is 27.9. The van der Waals surface area contributed by atoms with Crippen molar-refractivity contribution in [2.45, 2.75) is 62.3 Å². The van der Waals surface area contributed by atoms with Gasteiger partial charge in [0.1, 0.15) is 17.5 Å². The number of carbonyl (C=O) groups excluding carboxylic acids is 1. The third-order valence-electron chi connectivity index (χ3n) is 7.25. The molecule has 0 amide bonds. The van der Waals surface area contributed by atoms with Crippen molar-refractivity contribution in [3.63, 3.8) is 0 Å². The van der Waals surface area contributed by atoms with Crippen LogP contribution in [-0.4, -0.2) is 41.7 Å². The van der Waals surface area contributed by atoms with Gasteiger partial charge >= 0.3 is 5.97 Å². The lowest BCUT2D eigenvalue weighted by Crippen LogP contribution is -2.51. The van der Waals surface area contributed by atoms with Gasteiger partial charge in [0.25, 0.3) is 0 Å². The predicted molar refractivity (Wildman–Crippen MR) is 116 cm³/mol. The largest absolute Gasteiger partial charge is 0.459 e. The van der Waals surface area contributed by atoms with Gasteiger partial charge in [-0.15, -0.1) is 0 Å². The van der Waals surface area contributed by atoms with E-state index in [1.54, 1.807) is 24.3 Å². The molecule has 3 fully saturated rings. The van der Waals surface area contributed by atoms with E-state index in [9.17, 15) is 9.18 Å². The second kappa shape index (κ2) is 8.65. The van der Waals surface area contributed by atoms with Crippen LogP contribution in [0.25, 0.3) is 0 Å². The first kappa shape index (κ1) is 21.1. The Kier molecular flexibility index (Phi) is 5.71. The molecule has 0 aliphatic carbocycles. The summed E-state index contributed by atoms with van der Waals surface area (Å²) in [6.45, 7) is 1.36. The van der Waals surface area contributed by atoms with Crippen molar-refractivity contribution < 1.29 is 18.7 Å². The highest BCUT2D eigenvalue weighted by atomic mass is 19.1. The van der Waals surface area contributed by atoms with Crippen LogP contribution in [0.1, 0.15) is 61.3 Å². The zero-order valence-corrected chi connectivity index (χ0v) is 18.0. The van der Waals surface area contributed by atoms with Crippen LogP contribution < -0.4 is 0 Å². The molecule has 0 aromatic heterocycles. The number of esters is 1. The highest BCUT2D eigenvalue weighted by molar-refractivity contribution is 5.72. The molecule has 0 radical (unpaired) electrons. The van der Waals surface area contributed by atoms with Crippen molar-refractivity contribution in [3.05, 3.63) is 71.0 Å². The van der Waals surface area contributed by atoms with Gasteiger partial charge in [0.05, 0.1) is 18.2 Å². The molecule has 5 rings (SSSR count). The number of rotatable bonds is 6. The minimum atomic E-state index is -0.326. The molecule has 3 aliphatic heterocycles. The van der Waals surface area contributed by atoms with Crippen LogP contribution in [-0.2, 0) is 14.3 Å². The molecule has 3 unspecified atom stereocenters. The van der Waals surface area contributed by atoms with E-state index in [4.69, 9.17) is 14.7 Å². The second-order valence-electron chi connectivity index (χ2n) is 9.22. The minimum Gasteiger partial charge on any atom is -0.459 e. The van der Waals surface area contributed by atoms with Gasteiger partial charge in [-0.1, -0.05) is 24.3 Å². The van der Waals surface area contributed by atoms with Gasteiger partial charge in [-0.2, -0.15) is 5.26 Å². The van der Waals surface area contributed by atoms with Crippen LogP contribution in [0.4, 0.5) is 4.39 Å². The van der Waals surface area contributed by atoms with Crippen molar-refractivity contribution in [2.24, 2.45) is 0 Å². The maximum atomic E-state index is 13.5. The summed E-state index contributed by atoms with van der Waals surface area (Å²) in [4.78, 5) is 14.2. The Labute approximate surface area is 187 Å². The number of nitrogens with zero attached hydrogens (tertiary/aromatic N) is 2. The van der Waals surface area contributed by atoms with E-state index in [0.717, 1.165) is 49.8 Å². The monoisotopic (exact) mass is 434 g/mol. The van der Waals surface area contributed by atoms with Crippen molar-refractivity contribution in [1.82, 2.24) is 4.90 Å². The summed E-state index contributed by atoms with van der Waals surface area (Å²) in [5.74, 6) is -0.329. The van der Waals surface area contributed by atoms with Crippen molar-refractivity contribution in [1.29, 1.82) is 5.26 Å². The molecule has 3 saturated heterocycles. The molecule has 1 spiro atoms. The summed E-state index contributed by atoms with van der Waals surface area (Å²) < 4.78 is 25.6. The SMILES string of the molecule is N#Cc1ccc(C(OCCN2C3CCC2CC2(CCC(=O)O2)C3)c2ccc(F)cc2)cc1. The third-order valence-corrected chi connectivity index (χ3v) is 7.25. The minimum absolute atomic E-state index is 0.0502. The lowest BCUT2D eigenvalue weighted by molar-refractivity contribution is -0.154. The summed E-state index contributed by atoms with van der Waals surface area (Å²) in [6.07, 6.45) is 5.20. The van der Waals surface area contributed by atoms with Crippen molar-refractivity contribution in [3.8, 4) is 6.07 Å². The molecule has 2 aromatic carbocycles. The number of hydrogen-bond acceptors (Lipinski definition) is 5. The van der Waals surface area contributed by atoms with Gasteiger partial charge in [0.2, 0.25) is 0 Å². The molecule has 5 nitrogen and oxygen atoms in total. The number of benzene rings is 2. The van der Waals surface area contributed by atoms with Crippen LogP contribution in [0.2, 0.25) is 0 Å². The van der Waals surface area contributed by atoms with Crippen LogP contribution in [0, 0.1) is 17.1 Å². The first-order valence-electron chi connectivity index (χ1n) is 11.4. The van der Waals surface area contributed by atoms with E-state index in [1.165, 1.54) is 12.1 Å². The van der Waals surface area contributed by atoms with Gasteiger partial charge in [-0.05, 0) is 54.7 Å². The Morgan fingerprint density at radius 3 is 2.28 bits per heavy atom. The van der Waals surface area contributed by atoms with Gasteiger partial charge in [0.15, 0.2) is 0 Å². The molecule has 2 bridgehead atoms. The summed E-state index contributed by atoms with van der Waals surface area (Å²) >= 11 is 0. The fourth-order valence-electron chi connectivity index (χ4n) is 5.75. The molecular formula is C26H27FN2O3. The lowest BCUT2D eigenvalue weighted by atomic mass is 9.84. The molecule has 0 N–H and O–H groups in total. The quantitative estimate of drug-likeness (QED) is 0.626. The molecular weight excluding hydrogens is 407 g/mol. The lowest BCUT2D eigenvalue weighted by Gasteiger charge is -2.43. The number of piperidine rings is 1. The topological polar surface area (TPSA) is 62.6 Å². The summed E-state index contributed by atoms with van der Waals surface area (Å²) in [7, 11) is 0. The van der Waals surface area contributed by atoms with E-state index in [2.05, 4.69) is 11.0 Å². The number of ether oxygens (including phenoxy) is 2. The Morgan fingerprint density at radius 1 is 1.09 bits per heavy atom. The Morgan fingerprint density at radius 2 is 1.72 bits per heavy atom. The van der Waals surface area contributed by atoms with Gasteiger partial charge in [-0.25, -0.2) is 4.39 Å². The molecule has 3 aliphatic rings. The summed E-state index contributed by atoms with van der Waals surface area (Å²) in [5.41, 5.74) is 2.18. The highest BCUT2D eigenvalue weighted by Crippen LogP contribution is 2.47. The van der Waals surface area contributed by atoms with Crippen molar-refractivity contribution in [2.75, 3.05) is 13.2 Å². The zero-order chi connectivity index (χ0) is 22.1. The fraction of sp³-hybridized carbons (Fsp3) is 0.462. The second-order valence-corrected chi connectivity index (χ2v) is 9.22. The molecule has 2 aromatic rings. The zero-order valence-electron chi connectivity index (χ0n) is 18.0. The first-order valence-corrected chi connectivity index (χ1v) is 11.4. The Balaban J connectivity index is 1.26. The Hall–Kier alpha value is -2.75. The van der Waals surface area contributed by atoms with Crippen LogP contribution in [0.5, 0.6) is 0 Å². The van der Waals surface area contributed by atoms with Crippen LogP contribution >= 0.6 is 0 Å². The van der Waals surface area contributed by atoms with E-state index < -0.39 is 0 Å². The third kappa shape index (κ3) is 4.15. The number of carbonyl (C=O) groups is 1. The average Bonchev–Trinajstić information content (AvgIpc) is 3.28. The average molecular weight is 435 g/mol. The maximum Gasteiger partial charge on any atom is 0.306 e. The van der Waals surface area contributed by atoms with Gasteiger partial charge in [0, 0.05) is 37.9 Å². The number of fused-ring (bicyclic) bond motifs is 2. The molecule has 32 heavy (non-hydrogen) atoms. The standard InChI is InChI=1S/C26H27FN2O3/c27-21-7-5-20(6-8-21)25(19-3-1-18(17-28)2-4-19)31-14-13-29-22-9-10-23(29)16-26(15-22)12-11-24(30)32-26/h1-8,22-23,25H,9-16H2.